The minimum atomic E-state index is -0.535. The van der Waals surface area contributed by atoms with Crippen molar-refractivity contribution in [1.29, 1.82) is 0 Å². The molecule has 1 fully saturated rings. The number of nitrogens with two attached hydrogens (primary N) is 1. The standard InChI is InChI=1S/C22H27N3O2/c23-22(27)19-9-4-5-10-20(19)24-21(26)11-6-14-25-15-12-18(13-16-25)17-7-2-1-3-8-17/h1-5,7-10,18H,6,11-16H2,(H2,23,27)(H,24,26). The average molecular weight is 365 g/mol. The van der Waals surface area contributed by atoms with Crippen LogP contribution in [0.15, 0.2) is 54.6 Å². The van der Waals surface area contributed by atoms with Crippen molar-refractivity contribution in [3.8, 4) is 0 Å². The number of piperidine rings is 1. The number of primary amides is 1. The monoisotopic (exact) mass is 365 g/mol. The number of nitrogens with zero attached hydrogens (tertiary/aromatic N) is 1. The van der Waals surface area contributed by atoms with E-state index in [1.54, 1.807) is 24.3 Å². The van der Waals surface area contributed by atoms with E-state index in [1.165, 1.54) is 18.4 Å². The quantitative estimate of drug-likeness (QED) is 0.790. The van der Waals surface area contributed by atoms with Crippen LogP contribution in [0.4, 0.5) is 5.69 Å². The number of amides is 2. The molecule has 0 atom stereocenters. The summed E-state index contributed by atoms with van der Waals surface area (Å²) in [5, 5.41) is 2.80. The molecule has 0 bridgehead atoms. The number of carbonyl (C=O) groups is 2. The van der Waals surface area contributed by atoms with Gasteiger partial charge in [-0.05, 0) is 62.5 Å². The number of hydrogen-bond acceptors (Lipinski definition) is 3. The lowest BCUT2D eigenvalue weighted by atomic mass is 9.89. The largest absolute Gasteiger partial charge is 0.366 e. The fourth-order valence-corrected chi connectivity index (χ4v) is 3.70. The molecular weight excluding hydrogens is 338 g/mol. The molecule has 3 N–H and O–H groups in total. The number of nitrogens with one attached hydrogen (secondary N) is 1. The average Bonchev–Trinajstić information content (AvgIpc) is 2.69. The Morgan fingerprint density at radius 1 is 1.00 bits per heavy atom. The van der Waals surface area contributed by atoms with Crippen LogP contribution in [0.25, 0.3) is 0 Å². The van der Waals surface area contributed by atoms with Crippen molar-refractivity contribution in [2.75, 3.05) is 25.0 Å². The zero-order chi connectivity index (χ0) is 19.1. The normalized spacial score (nSPS) is 15.4. The molecule has 27 heavy (non-hydrogen) atoms. The predicted octanol–water partition coefficient (Wildman–Crippen LogP) is 3.38. The van der Waals surface area contributed by atoms with Crippen LogP contribution in [0.2, 0.25) is 0 Å². The Kier molecular flexibility index (Phi) is 6.60. The van der Waals surface area contributed by atoms with Gasteiger partial charge in [-0.1, -0.05) is 42.5 Å². The number of hydrogen-bond donors (Lipinski definition) is 2. The molecule has 0 radical (unpaired) electrons. The first kappa shape index (κ1) is 19.1. The maximum absolute atomic E-state index is 12.2. The maximum atomic E-state index is 12.2. The molecule has 0 spiro atoms. The van der Waals surface area contributed by atoms with Gasteiger partial charge in [-0.25, -0.2) is 0 Å². The number of carbonyl (C=O) groups excluding carboxylic acids is 2. The Bertz CT molecular complexity index is 768. The smallest absolute Gasteiger partial charge is 0.250 e. The van der Waals surface area contributed by atoms with Crippen LogP contribution in [0, 0.1) is 0 Å². The molecule has 1 aliphatic rings. The molecule has 2 aromatic rings. The maximum Gasteiger partial charge on any atom is 0.250 e. The van der Waals surface area contributed by atoms with Gasteiger partial charge in [-0.15, -0.1) is 0 Å². The van der Waals surface area contributed by atoms with Gasteiger partial charge in [0.05, 0.1) is 11.3 Å². The van der Waals surface area contributed by atoms with Gasteiger partial charge in [-0.2, -0.15) is 0 Å². The summed E-state index contributed by atoms with van der Waals surface area (Å²) in [5.74, 6) is 0.0334. The second-order valence-electron chi connectivity index (χ2n) is 7.09. The number of para-hydroxylation sites is 1. The van der Waals surface area contributed by atoms with E-state index < -0.39 is 5.91 Å². The minimum Gasteiger partial charge on any atom is -0.366 e. The second-order valence-corrected chi connectivity index (χ2v) is 7.09. The van der Waals surface area contributed by atoms with Gasteiger partial charge in [-0.3, -0.25) is 9.59 Å². The van der Waals surface area contributed by atoms with E-state index in [9.17, 15) is 9.59 Å². The summed E-state index contributed by atoms with van der Waals surface area (Å²) in [5.41, 5.74) is 7.61. The van der Waals surface area contributed by atoms with Gasteiger partial charge in [0.1, 0.15) is 0 Å². The highest BCUT2D eigenvalue weighted by Crippen LogP contribution is 2.27. The Morgan fingerprint density at radius 2 is 1.67 bits per heavy atom. The van der Waals surface area contributed by atoms with Crippen molar-refractivity contribution in [3.05, 3.63) is 65.7 Å². The fourth-order valence-electron chi connectivity index (χ4n) is 3.70. The zero-order valence-electron chi connectivity index (χ0n) is 15.6. The molecule has 142 valence electrons. The molecule has 0 saturated carbocycles. The van der Waals surface area contributed by atoms with E-state index in [2.05, 4.69) is 40.5 Å². The third kappa shape index (κ3) is 5.41. The van der Waals surface area contributed by atoms with Gasteiger partial charge in [0.25, 0.3) is 5.91 Å². The van der Waals surface area contributed by atoms with Crippen molar-refractivity contribution in [1.82, 2.24) is 4.90 Å². The summed E-state index contributed by atoms with van der Waals surface area (Å²) >= 11 is 0. The summed E-state index contributed by atoms with van der Waals surface area (Å²) in [6.07, 6.45) is 3.58. The summed E-state index contributed by atoms with van der Waals surface area (Å²) in [4.78, 5) is 26.0. The third-order valence-corrected chi connectivity index (χ3v) is 5.20. The molecule has 0 aromatic heterocycles. The van der Waals surface area contributed by atoms with Crippen molar-refractivity contribution in [3.63, 3.8) is 0 Å². The SMILES string of the molecule is NC(=O)c1ccccc1NC(=O)CCCN1CCC(c2ccccc2)CC1. The highest BCUT2D eigenvalue weighted by molar-refractivity contribution is 6.02. The molecule has 5 nitrogen and oxygen atoms in total. The number of likely N-dealkylation sites (tertiary alicyclic amines) is 1. The molecule has 5 heteroatoms. The Balaban J connectivity index is 1.39. The van der Waals surface area contributed by atoms with Crippen molar-refractivity contribution in [2.45, 2.75) is 31.6 Å². The highest BCUT2D eigenvalue weighted by Gasteiger charge is 2.20. The molecule has 1 saturated heterocycles. The molecule has 3 rings (SSSR count). The summed E-state index contributed by atoms with van der Waals surface area (Å²) < 4.78 is 0. The first-order valence-corrected chi connectivity index (χ1v) is 9.59. The van der Waals surface area contributed by atoms with Gasteiger partial charge >= 0.3 is 0 Å². The van der Waals surface area contributed by atoms with Crippen LogP contribution >= 0.6 is 0 Å². The van der Waals surface area contributed by atoms with E-state index in [1.807, 2.05) is 0 Å². The minimum absolute atomic E-state index is 0.0807. The first-order valence-electron chi connectivity index (χ1n) is 9.59. The molecule has 0 aliphatic carbocycles. The first-order chi connectivity index (χ1) is 13.1. The number of anilines is 1. The van der Waals surface area contributed by atoms with E-state index in [4.69, 9.17) is 5.73 Å². The lowest BCUT2D eigenvalue weighted by molar-refractivity contribution is -0.116. The molecule has 0 unspecified atom stereocenters. The molecule has 2 amide bonds. The van der Waals surface area contributed by atoms with E-state index in [0.717, 1.165) is 26.1 Å². The number of rotatable bonds is 7. The zero-order valence-corrected chi connectivity index (χ0v) is 15.6. The summed E-state index contributed by atoms with van der Waals surface area (Å²) in [6, 6.07) is 17.5. The van der Waals surface area contributed by atoms with Crippen LogP contribution in [0.5, 0.6) is 0 Å². The van der Waals surface area contributed by atoms with E-state index in [0.29, 0.717) is 23.6 Å². The lowest BCUT2D eigenvalue weighted by Crippen LogP contribution is -2.34. The van der Waals surface area contributed by atoms with Crippen LogP contribution in [-0.2, 0) is 4.79 Å². The van der Waals surface area contributed by atoms with Crippen LogP contribution in [0.1, 0.15) is 47.5 Å². The highest BCUT2D eigenvalue weighted by atomic mass is 16.2. The van der Waals surface area contributed by atoms with Crippen molar-refractivity contribution in [2.24, 2.45) is 5.73 Å². The van der Waals surface area contributed by atoms with Crippen molar-refractivity contribution < 1.29 is 9.59 Å². The third-order valence-electron chi connectivity index (χ3n) is 5.20. The van der Waals surface area contributed by atoms with Gasteiger partial charge in [0.15, 0.2) is 0 Å². The van der Waals surface area contributed by atoms with E-state index >= 15 is 0 Å². The number of benzene rings is 2. The van der Waals surface area contributed by atoms with Crippen molar-refractivity contribution >= 4 is 17.5 Å². The Labute approximate surface area is 160 Å². The van der Waals surface area contributed by atoms with Gasteiger partial charge in [0, 0.05) is 6.42 Å². The molecular formula is C22H27N3O2. The Morgan fingerprint density at radius 3 is 2.37 bits per heavy atom. The topological polar surface area (TPSA) is 75.4 Å². The summed E-state index contributed by atoms with van der Waals surface area (Å²) in [7, 11) is 0. The van der Waals surface area contributed by atoms with Crippen LogP contribution in [0.3, 0.4) is 0 Å². The molecule has 1 heterocycles. The van der Waals surface area contributed by atoms with E-state index in [-0.39, 0.29) is 5.91 Å². The van der Waals surface area contributed by atoms with Crippen LogP contribution < -0.4 is 11.1 Å². The van der Waals surface area contributed by atoms with Crippen LogP contribution in [-0.4, -0.2) is 36.3 Å². The molecule has 1 aliphatic heterocycles. The Hall–Kier alpha value is -2.66. The fraction of sp³-hybridized carbons (Fsp3) is 0.364. The molecule has 2 aromatic carbocycles. The predicted molar refractivity (Wildman–Crippen MR) is 108 cm³/mol. The summed E-state index contributed by atoms with van der Waals surface area (Å²) in [6.45, 7) is 3.07. The second kappa shape index (κ2) is 9.33. The van der Waals surface area contributed by atoms with Gasteiger partial charge in [0.2, 0.25) is 5.91 Å². The van der Waals surface area contributed by atoms with Gasteiger partial charge < -0.3 is 16.0 Å². The lowest BCUT2D eigenvalue weighted by Gasteiger charge is -2.32.